The maximum Gasteiger partial charge on any atom is 0.204 e. The molecule has 136 valence electrons. The van der Waals surface area contributed by atoms with Gasteiger partial charge in [-0.1, -0.05) is 56.3 Å². The first kappa shape index (κ1) is 17.1. The van der Waals surface area contributed by atoms with Crippen LogP contribution in [-0.4, -0.2) is 35.4 Å². The number of H-pyrrole nitrogens is 1. The van der Waals surface area contributed by atoms with Crippen molar-refractivity contribution in [1.82, 2.24) is 35.4 Å². The van der Waals surface area contributed by atoms with Crippen LogP contribution in [0.1, 0.15) is 42.3 Å². The Morgan fingerprint density at radius 2 is 1.81 bits per heavy atom. The quantitative estimate of drug-likeness (QED) is 0.571. The summed E-state index contributed by atoms with van der Waals surface area (Å²) in [6, 6.07) is 16.9. The van der Waals surface area contributed by atoms with Gasteiger partial charge < -0.3 is 0 Å². The van der Waals surface area contributed by atoms with Gasteiger partial charge >= 0.3 is 0 Å². The van der Waals surface area contributed by atoms with Gasteiger partial charge in [-0.15, -0.1) is 10.2 Å². The second-order valence-electron chi connectivity index (χ2n) is 6.86. The molecule has 0 spiro atoms. The third-order valence-electron chi connectivity index (χ3n) is 4.46. The third kappa shape index (κ3) is 3.92. The van der Waals surface area contributed by atoms with Crippen LogP contribution in [0.2, 0.25) is 0 Å². The van der Waals surface area contributed by atoms with E-state index in [9.17, 15) is 0 Å². The second kappa shape index (κ2) is 7.49. The van der Waals surface area contributed by atoms with E-state index in [0.29, 0.717) is 11.7 Å². The molecule has 0 radical (unpaired) electrons. The molecule has 0 aliphatic heterocycles. The summed E-state index contributed by atoms with van der Waals surface area (Å²) in [5.74, 6) is 1.98. The summed E-state index contributed by atoms with van der Waals surface area (Å²) >= 11 is 0. The highest BCUT2D eigenvalue weighted by atomic mass is 15.5. The molecule has 2 heterocycles. The zero-order valence-corrected chi connectivity index (χ0v) is 15.4. The van der Waals surface area contributed by atoms with Gasteiger partial charge in [0.2, 0.25) is 5.82 Å². The maximum absolute atomic E-state index is 4.35. The van der Waals surface area contributed by atoms with Gasteiger partial charge in [0.05, 0.1) is 6.54 Å². The van der Waals surface area contributed by atoms with Crippen LogP contribution in [-0.2, 0) is 13.0 Å². The summed E-state index contributed by atoms with van der Waals surface area (Å²) in [6.45, 7) is 5.00. The standard InChI is InChI=1S/C20H21N7/c1-14(2)20-21-13-22-27(20)12-16-8-6-15(7-9-16)10-17-4-3-5-18(11-17)19-23-25-26-24-19/h3-9,11,13-14H,10,12H2,1-2H3,(H,23,24,25,26). The van der Waals surface area contributed by atoms with Crippen molar-refractivity contribution >= 4 is 0 Å². The fraction of sp³-hybridized carbons (Fsp3) is 0.250. The Morgan fingerprint density at radius 3 is 2.56 bits per heavy atom. The largest absolute Gasteiger partial charge is 0.245 e. The molecule has 4 aromatic rings. The topological polar surface area (TPSA) is 85.2 Å². The number of aromatic amines is 1. The van der Waals surface area contributed by atoms with Crippen molar-refractivity contribution in [2.45, 2.75) is 32.7 Å². The molecule has 1 N–H and O–H groups in total. The first-order chi connectivity index (χ1) is 13.2. The van der Waals surface area contributed by atoms with Crippen molar-refractivity contribution in [3.8, 4) is 11.4 Å². The Labute approximate surface area is 157 Å². The lowest BCUT2D eigenvalue weighted by Gasteiger charge is -2.09. The Balaban J connectivity index is 1.47. The first-order valence-corrected chi connectivity index (χ1v) is 8.97. The lowest BCUT2D eigenvalue weighted by molar-refractivity contribution is 0.607. The van der Waals surface area contributed by atoms with Crippen molar-refractivity contribution in [2.75, 3.05) is 0 Å². The molecule has 0 unspecified atom stereocenters. The summed E-state index contributed by atoms with van der Waals surface area (Å²) in [6.07, 6.45) is 2.48. The summed E-state index contributed by atoms with van der Waals surface area (Å²) in [5, 5.41) is 18.5. The molecule has 0 fully saturated rings. The number of nitrogens with one attached hydrogen (secondary N) is 1. The van der Waals surface area contributed by atoms with Gasteiger partial charge in [-0.25, -0.2) is 9.67 Å². The molecule has 7 heteroatoms. The fourth-order valence-electron chi connectivity index (χ4n) is 3.12. The average molecular weight is 359 g/mol. The molecule has 0 saturated heterocycles. The van der Waals surface area contributed by atoms with Crippen molar-refractivity contribution in [3.63, 3.8) is 0 Å². The molecule has 27 heavy (non-hydrogen) atoms. The minimum atomic E-state index is 0.359. The van der Waals surface area contributed by atoms with Crippen LogP contribution >= 0.6 is 0 Å². The number of nitrogens with zero attached hydrogens (tertiary/aromatic N) is 6. The number of benzene rings is 2. The average Bonchev–Trinajstić information content (AvgIpc) is 3.35. The highest BCUT2D eigenvalue weighted by Crippen LogP contribution is 2.18. The van der Waals surface area contributed by atoms with Crippen molar-refractivity contribution in [1.29, 1.82) is 0 Å². The van der Waals surface area contributed by atoms with Crippen LogP contribution < -0.4 is 0 Å². The van der Waals surface area contributed by atoms with Crippen LogP contribution in [0.4, 0.5) is 0 Å². The van der Waals surface area contributed by atoms with E-state index in [4.69, 9.17) is 0 Å². The summed E-state index contributed by atoms with van der Waals surface area (Å²) in [7, 11) is 0. The van der Waals surface area contributed by atoms with Crippen molar-refractivity contribution in [2.24, 2.45) is 0 Å². The summed E-state index contributed by atoms with van der Waals surface area (Å²) in [5.41, 5.74) is 4.65. The number of hydrogen-bond donors (Lipinski definition) is 1. The maximum atomic E-state index is 4.35. The van der Waals surface area contributed by atoms with Gasteiger partial charge in [0, 0.05) is 11.5 Å². The Kier molecular flexibility index (Phi) is 4.74. The Bertz CT molecular complexity index is 1000. The molecule has 0 bridgehead atoms. The van der Waals surface area contributed by atoms with Crippen LogP contribution in [0.3, 0.4) is 0 Å². The van der Waals surface area contributed by atoms with Crippen molar-refractivity contribution in [3.05, 3.63) is 77.4 Å². The van der Waals surface area contributed by atoms with Gasteiger partial charge in [-0.05, 0) is 34.4 Å². The Hall–Kier alpha value is -3.35. The van der Waals surface area contributed by atoms with Gasteiger partial charge in [0.25, 0.3) is 0 Å². The van der Waals surface area contributed by atoms with Gasteiger partial charge in [-0.3, -0.25) is 0 Å². The number of tetrazole rings is 1. The summed E-state index contributed by atoms with van der Waals surface area (Å²) < 4.78 is 1.97. The molecule has 2 aromatic heterocycles. The molecular formula is C20H21N7. The zero-order chi connectivity index (χ0) is 18.6. The van der Waals surface area contributed by atoms with Crippen LogP contribution in [0, 0.1) is 0 Å². The first-order valence-electron chi connectivity index (χ1n) is 8.97. The van der Waals surface area contributed by atoms with E-state index in [1.807, 2.05) is 16.8 Å². The minimum absolute atomic E-state index is 0.359. The molecule has 4 rings (SSSR count). The second-order valence-corrected chi connectivity index (χ2v) is 6.86. The molecule has 0 amide bonds. The van der Waals surface area contributed by atoms with E-state index >= 15 is 0 Å². The van der Waals surface area contributed by atoms with Gasteiger partial charge in [-0.2, -0.15) is 10.3 Å². The highest BCUT2D eigenvalue weighted by Gasteiger charge is 2.09. The van der Waals surface area contributed by atoms with Crippen molar-refractivity contribution < 1.29 is 0 Å². The van der Waals surface area contributed by atoms with E-state index in [2.05, 4.69) is 81.0 Å². The fourth-order valence-corrected chi connectivity index (χ4v) is 3.12. The predicted molar refractivity (Wildman–Crippen MR) is 102 cm³/mol. The normalized spacial score (nSPS) is 11.2. The van der Waals surface area contributed by atoms with E-state index in [1.165, 1.54) is 16.7 Å². The number of aromatic nitrogens is 7. The van der Waals surface area contributed by atoms with Gasteiger partial charge in [0.15, 0.2) is 0 Å². The molecule has 0 saturated carbocycles. The third-order valence-corrected chi connectivity index (χ3v) is 4.46. The van der Waals surface area contributed by atoms with Crippen LogP contribution in [0.15, 0.2) is 54.9 Å². The molecule has 0 atom stereocenters. The highest BCUT2D eigenvalue weighted by molar-refractivity contribution is 5.55. The van der Waals surface area contributed by atoms with E-state index < -0.39 is 0 Å². The monoisotopic (exact) mass is 359 g/mol. The molecule has 0 aliphatic rings. The van der Waals surface area contributed by atoms with Crippen LogP contribution in [0.5, 0.6) is 0 Å². The lowest BCUT2D eigenvalue weighted by atomic mass is 10.0. The SMILES string of the molecule is CC(C)c1ncnn1Cc1ccc(Cc2cccc(-c3nn[nH]n3)c2)cc1. The molecule has 7 nitrogen and oxygen atoms in total. The number of rotatable bonds is 6. The van der Waals surface area contributed by atoms with Crippen LogP contribution in [0.25, 0.3) is 11.4 Å². The minimum Gasteiger partial charge on any atom is -0.245 e. The number of hydrogen-bond acceptors (Lipinski definition) is 5. The van der Waals surface area contributed by atoms with E-state index in [0.717, 1.165) is 24.4 Å². The van der Waals surface area contributed by atoms with Gasteiger partial charge in [0.1, 0.15) is 12.2 Å². The lowest BCUT2D eigenvalue weighted by Crippen LogP contribution is -2.08. The predicted octanol–water partition coefficient (Wildman–Crippen LogP) is 3.22. The molecular weight excluding hydrogens is 338 g/mol. The summed E-state index contributed by atoms with van der Waals surface area (Å²) in [4.78, 5) is 4.35. The Morgan fingerprint density at radius 1 is 1.00 bits per heavy atom. The molecule has 2 aromatic carbocycles. The van der Waals surface area contributed by atoms with E-state index in [-0.39, 0.29) is 0 Å². The zero-order valence-electron chi connectivity index (χ0n) is 15.4. The van der Waals surface area contributed by atoms with E-state index in [1.54, 1.807) is 6.33 Å². The smallest absolute Gasteiger partial charge is 0.204 e. The molecule has 0 aliphatic carbocycles.